The quantitative estimate of drug-likeness (QED) is 0.733. The number of nitrogens with two attached hydrogens (primary N) is 1. The second kappa shape index (κ2) is 5.35. The van der Waals surface area contributed by atoms with Gasteiger partial charge in [0.1, 0.15) is 0 Å². The lowest BCUT2D eigenvalue weighted by Crippen LogP contribution is -2.02. The van der Waals surface area contributed by atoms with Gasteiger partial charge < -0.3 is 5.73 Å². The molecule has 0 atom stereocenters. The molecule has 0 saturated heterocycles. The first-order valence-corrected chi connectivity index (χ1v) is 6.93. The molecule has 0 aliphatic carbocycles. The van der Waals surface area contributed by atoms with Gasteiger partial charge in [-0.05, 0) is 47.2 Å². The molecule has 21 heavy (non-hydrogen) atoms. The predicted octanol–water partition coefficient (Wildman–Crippen LogP) is 3.53. The first kappa shape index (κ1) is 13.9. The fourth-order valence-corrected chi connectivity index (χ4v) is 2.43. The van der Waals surface area contributed by atoms with E-state index in [0.29, 0.717) is 32.8 Å². The van der Waals surface area contributed by atoms with Gasteiger partial charge >= 0.3 is 0 Å². The van der Waals surface area contributed by atoms with Crippen LogP contribution < -0.4 is 5.73 Å². The van der Waals surface area contributed by atoms with Gasteiger partial charge in [-0.2, -0.15) is 4.68 Å². The van der Waals surface area contributed by atoms with Crippen LogP contribution >= 0.6 is 23.2 Å². The second-order valence-corrected chi connectivity index (χ2v) is 5.36. The van der Waals surface area contributed by atoms with E-state index in [9.17, 15) is 0 Å². The number of rotatable bonds is 2. The standard InChI is InChI=1S/C14H11Cl2N5/c1-8-5-6-10(15)12(7-8)21-14(18-19-20-21)9-3-2-4-11(17)13(9)16/h2-7H,17H2,1H3. The molecule has 0 fully saturated rings. The monoisotopic (exact) mass is 319 g/mol. The third kappa shape index (κ3) is 2.46. The van der Waals surface area contributed by atoms with E-state index in [4.69, 9.17) is 28.9 Å². The van der Waals surface area contributed by atoms with Crippen LogP contribution in [0.3, 0.4) is 0 Å². The average molecular weight is 320 g/mol. The third-order valence-corrected chi connectivity index (χ3v) is 3.81. The van der Waals surface area contributed by atoms with Gasteiger partial charge in [-0.3, -0.25) is 0 Å². The highest BCUT2D eigenvalue weighted by atomic mass is 35.5. The maximum Gasteiger partial charge on any atom is 0.188 e. The molecule has 0 radical (unpaired) electrons. The Labute approximate surface area is 131 Å². The van der Waals surface area contributed by atoms with E-state index in [1.807, 2.05) is 25.1 Å². The summed E-state index contributed by atoms with van der Waals surface area (Å²) in [6, 6.07) is 11.0. The Morgan fingerprint density at radius 3 is 2.76 bits per heavy atom. The smallest absolute Gasteiger partial charge is 0.188 e. The minimum absolute atomic E-state index is 0.414. The molecular formula is C14H11Cl2N5. The number of anilines is 1. The van der Waals surface area contributed by atoms with Crippen LogP contribution in [-0.2, 0) is 0 Å². The molecule has 0 amide bonds. The Morgan fingerprint density at radius 1 is 1.14 bits per heavy atom. The summed E-state index contributed by atoms with van der Waals surface area (Å²) in [4.78, 5) is 0. The van der Waals surface area contributed by atoms with Crippen molar-refractivity contribution in [1.29, 1.82) is 0 Å². The molecule has 0 saturated carbocycles. The Bertz CT molecular complexity index is 796. The van der Waals surface area contributed by atoms with E-state index in [1.165, 1.54) is 0 Å². The van der Waals surface area contributed by atoms with E-state index in [0.717, 1.165) is 5.56 Å². The Kier molecular flexibility index (Phi) is 3.53. The van der Waals surface area contributed by atoms with Crippen LogP contribution in [0, 0.1) is 6.92 Å². The highest BCUT2D eigenvalue weighted by molar-refractivity contribution is 6.35. The number of hydrogen-bond donors (Lipinski definition) is 1. The zero-order valence-electron chi connectivity index (χ0n) is 11.1. The van der Waals surface area contributed by atoms with Gasteiger partial charge in [0.25, 0.3) is 0 Å². The number of aryl methyl sites for hydroxylation is 1. The van der Waals surface area contributed by atoms with Crippen molar-refractivity contribution in [3.8, 4) is 17.1 Å². The van der Waals surface area contributed by atoms with Crippen molar-refractivity contribution in [1.82, 2.24) is 20.2 Å². The Morgan fingerprint density at radius 2 is 1.95 bits per heavy atom. The normalized spacial score (nSPS) is 10.8. The van der Waals surface area contributed by atoms with Crippen molar-refractivity contribution in [2.75, 3.05) is 5.73 Å². The summed E-state index contributed by atoms with van der Waals surface area (Å²) in [7, 11) is 0. The minimum Gasteiger partial charge on any atom is -0.398 e. The third-order valence-electron chi connectivity index (χ3n) is 3.07. The molecule has 7 heteroatoms. The topological polar surface area (TPSA) is 69.6 Å². The van der Waals surface area contributed by atoms with E-state index >= 15 is 0 Å². The van der Waals surface area contributed by atoms with Crippen LogP contribution in [0.25, 0.3) is 17.1 Å². The van der Waals surface area contributed by atoms with Crippen molar-refractivity contribution in [2.45, 2.75) is 6.92 Å². The van der Waals surface area contributed by atoms with Crippen LogP contribution in [0.2, 0.25) is 10.0 Å². The van der Waals surface area contributed by atoms with Crippen molar-refractivity contribution < 1.29 is 0 Å². The first-order valence-electron chi connectivity index (χ1n) is 6.17. The second-order valence-electron chi connectivity index (χ2n) is 4.58. The molecule has 1 aromatic heterocycles. The lowest BCUT2D eigenvalue weighted by atomic mass is 10.1. The Balaban J connectivity index is 2.22. The fraction of sp³-hybridized carbons (Fsp3) is 0.0714. The highest BCUT2D eigenvalue weighted by Gasteiger charge is 2.16. The maximum absolute atomic E-state index is 6.25. The van der Waals surface area contributed by atoms with Gasteiger partial charge in [-0.1, -0.05) is 35.3 Å². The largest absolute Gasteiger partial charge is 0.398 e. The van der Waals surface area contributed by atoms with Gasteiger partial charge in [-0.15, -0.1) is 5.10 Å². The molecule has 2 N–H and O–H groups in total. The molecule has 0 aliphatic rings. The molecule has 1 heterocycles. The van der Waals surface area contributed by atoms with E-state index < -0.39 is 0 Å². The van der Waals surface area contributed by atoms with Crippen molar-refractivity contribution >= 4 is 28.9 Å². The lowest BCUT2D eigenvalue weighted by Gasteiger charge is -2.09. The number of aromatic nitrogens is 4. The molecule has 106 valence electrons. The summed E-state index contributed by atoms with van der Waals surface area (Å²) >= 11 is 12.5. The zero-order valence-corrected chi connectivity index (χ0v) is 12.6. The number of nitrogens with zero attached hydrogens (tertiary/aromatic N) is 4. The lowest BCUT2D eigenvalue weighted by molar-refractivity contribution is 0.791. The molecular weight excluding hydrogens is 309 g/mol. The van der Waals surface area contributed by atoms with Gasteiger partial charge in [0, 0.05) is 5.56 Å². The molecule has 0 bridgehead atoms. The average Bonchev–Trinajstić information content (AvgIpc) is 2.93. The van der Waals surface area contributed by atoms with Crippen LogP contribution in [0.1, 0.15) is 5.56 Å². The number of hydrogen-bond acceptors (Lipinski definition) is 4. The summed E-state index contributed by atoms with van der Waals surface area (Å²) in [5.41, 5.74) is 8.70. The molecule has 5 nitrogen and oxygen atoms in total. The minimum atomic E-state index is 0.414. The fourth-order valence-electron chi connectivity index (χ4n) is 2.02. The molecule has 2 aromatic carbocycles. The maximum atomic E-state index is 6.25. The van der Waals surface area contributed by atoms with Gasteiger partial charge in [0.15, 0.2) is 5.82 Å². The molecule has 3 rings (SSSR count). The number of benzene rings is 2. The first-order chi connectivity index (χ1) is 10.1. The molecule has 0 spiro atoms. The van der Waals surface area contributed by atoms with E-state index in [-0.39, 0.29) is 0 Å². The van der Waals surface area contributed by atoms with Gasteiger partial charge in [0.2, 0.25) is 0 Å². The summed E-state index contributed by atoms with van der Waals surface area (Å²) in [5, 5.41) is 12.7. The molecule has 0 unspecified atom stereocenters. The van der Waals surface area contributed by atoms with Crippen LogP contribution in [0.5, 0.6) is 0 Å². The number of nitrogen functional groups attached to an aromatic ring is 1. The van der Waals surface area contributed by atoms with E-state index in [1.54, 1.807) is 22.9 Å². The highest BCUT2D eigenvalue weighted by Crippen LogP contribution is 2.32. The van der Waals surface area contributed by atoms with Crippen molar-refractivity contribution in [3.05, 3.63) is 52.0 Å². The summed E-state index contributed by atoms with van der Waals surface area (Å²) < 4.78 is 1.55. The van der Waals surface area contributed by atoms with Crippen molar-refractivity contribution in [2.24, 2.45) is 0 Å². The summed E-state index contributed by atoms with van der Waals surface area (Å²) in [6.07, 6.45) is 0. The van der Waals surface area contributed by atoms with E-state index in [2.05, 4.69) is 15.5 Å². The zero-order chi connectivity index (χ0) is 15.0. The molecule has 3 aromatic rings. The number of tetrazole rings is 1. The van der Waals surface area contributed by atoms with Gasteiger partial charge in [0.05, 0.1) is 21.4 Å². The SMILES string of the molecule is Cc1ccc(Cl)c(-n2nnnc2-c2cccc(N)c2Cl)c1. The van der Waals surface area contributed by atoms with Crippen LogP contribution in [0.15, 0.2) is 36.4 Å². The van der Waals surface area contributed by atoms with Crippen LogP contribution in [0.4, 0.5) is 5.69 Å². The molecule has 0 aliphatic heterocycles. The van der Waals surface area contributed by atoms with Gasteiger partial charge in [-0.25, -0.2) is 0 Å². The van der Waals surface area contributed by atoms with Crippen molar-refractivity contribution in [3.63, 3.8) is 0 Å². The van der Waals surface area contributed by atoms with Crippen LogP contribution in [-0.4, -0.2) is 20.2 Å². The summed E-state index contributed by atoms with van der Waals surface area (Å²) in [6.45, 7) is 1.97. The predicted molar refractivity (Wildman–Crippen MR) is 83.8 cm³/mol. The Hall–Kier alpha value is -2.11. The summed E-state index contributed by atoms with van der Waals surface area (Å²) in [5.74, 6) is 0.486. The number of halogens is 2.